The highest BCUT2D eigenvalue weighted by atomic mass is 16.4. The van der Waals surface area contributed by atoms with Gasteiger partial charge in [0.1, 0.15) is 6.04 Å². The van der Waals surface area contributed by atoms with E-state index in [0.717, 1.165) is 0 Å². The van der Waals surface area contributed by atoms with Gasteiger partial charge in [-0.25, -0.2) is 0 Å². The molecule has 0 spiro atoms. The molecule has 0 saturated heterocycles. The van der Waals surface area contributed by atoms with Crippen molar-refractivity contribution in [3.8, 4) is 0 Å². The van der Waals surface area contributed by atoms with Crippen molar-refractivity contribution < 1.29 is 25.3 Å². The highest BCUT2D eigenvalue weighted by molar-refractivity contribution is 5.72. The standard InChI is InChI=1S/C8H16N2O4/c9-6(8(13)14)3-1-2-4-10-5-7(11)12/h6,10H,1-5,9H2,(H,11,12)(H,13,14)/t6-/m0/s1/i1D2,2D2. The highest BCUT2D eigenvalue weighted by Gasteiger charge is 2.09. The van der Waals surface area contributed by atoms with Gasteiger partial charge in [-0.3, -0.25) is 9.59 Å². The molecule has 0 aromatic rings. The lowest BCUT2D eigenvalue weighted by molar-refractivity contribution is -0.138. The molecule has 0 radical (unpaired) electrons. The van der Waals surface area contributed by atoms with Crippen LogP contribution in [0.3, 0.4) is 0 Å². The minimum Gasteiger partial charge on any atom is -0.480 e. The summed E-state index contributed by atoms with van der Waals surface area (Å²) in [7, 11) is 0. The van der Waals surface area contributed by atoms with Gasteiger partial charge in [0.25, 0.3) is 0 Å². The minimum atomic E-state index is -2.49. The molecule has 82 valence electrons. The second-order valence-electron chi connectivity index (χ2n) is 2.50. The Morgan fingerprint density at radius 1 is 1.43 bits per heavy atom. The Morgan fingerprint density at radius 3 is 2.57 bits per heavy atom. The number of nitrogens with two attached hydrogens (primary N) is 1. The monoisotopic (exact) mass is 208 g/mol. The zero-order chi connectivity index (χ0) is 14.6. The van der Waals surface area contributed by atoms with E-state index in [4.69, 9.17) is 21.4 Å². The van der Waals surface area contributed by atoms with Gasteiger partial charge in [-0.2, -0.15) is 0 Å². The lowest BCUT2D eigenvalue weighted by Gasteiger charge is -2.05. The zero-order valence-corrected chi connectivity index (χ0v) is 7.49. The zero-order valence-electron chi connectivity index (χ0n) is 11.5. The quantitative estimate of drug-likeness (QED) is 0.417. The molecule has 6 heteroatoms. The molecule has 0 amide bonds. The van der Waals surface area contributed by atoms with Gasteiger partial charge >= 0.3 is 11.9 Å². The number of nitrogens with one attached hydrogen (secondary N) is 1. The van der Waals surface area contributed by atoms with Gasteiger partial charge in [0.2, 0.25) is 0 Å². The van der Waals surface area contributed by atoms with Gasteiger partial charge in [0, 0.05) is 5.48 Å². The summed E-state index contributed by atoms with van der Waals surface area (Å²) in [6, 6.07) is -1.52. The smallest absolute Gasteiger partial charge is 0.320 e. The Bertz CT molecular complexity index is 324. The summed E-state index contributed by atoms with van der Waals surface area (Å²) in [5.41, 5.74) is 5.16. The molecule has 0 unspecified atom stereocenters. The van der Waals surface area contributed by atoms with Crippen LogP contribution in [0.25, 0.3) is 0 Å². The van der Waals surface area contributed by atoms with E-state index in [0.29, 0.717) is 0 Å². The molecular formula is C8H16N2O4. The lowest BCUT2D eigenvalue weighted by Crippen LogP contribution is -2.30. The number of hydrogen-bond donors (Lipinski definition) is 4. The number of hydrogen-bond acceptors (Lipinski definition) is 4. The maximum absolute atomic E-state index is 10.5. The van der Waals surface area contributed by atoms with E-state index in [-0.39, 0.29) is 0 Å². The molecule has 0 aromatic carbocycles. The normalized spacial score (nSPS) is 18.6. The molecule has 0 aliphatic carbocycles. The molecule has 0 fully saturated rings. The average Bonchev–Trinajstić information content (AvgIpc) is 2.15. The van der Waals surface area contributed by atoms with Crippen LogP contribution in [0.2, 0.25) is 0 Å². The molecule has 14 heavy (non-hydrogen) atoms. The molecule has 0 saturated carbocycles. The summed E-state index contributed by atoms with van der Waals surface area (Å²) in [4.78, 5) is 20.7. The molecule has 0 heterocycles. The molecule has 0 aliphatic heterocycles. The highest BCUT2D eigenvalue weighted by Crippen LogP contribution is 1.97. The van der Waals surface area contributed by atoms with Crippen molar-refractivity contribution in [2.24, 2.45) is 5.73 Å². The van der Waals surface area contributed by atoms with Crippen molar-refractivity contribution in [3.63, 3.8) is 0 Å². The van der Waals surface area contributed by atoms with Crippen molar-refractivity contribution in [1.29, 1.82) is 0 Å². The third-order valence-electron chi connectivity index (χ3n) is 1.25. The largest absolute Gasteiger partial charge is 0.480 e. The van der Waals surface area contributed by atoms with Crippen molar-refractivity contribution >= 4 is 11.9 Å². The summed E-state index contributed by atoms with van der Waals surface area (Å²) in [5, 5.41) is 19.1. The van der Waals surface area contributed by atoms with Gasteiger partial charge in [0.15, 0.2) is 0 Å². The first-order valence-corrected chi connectivity index (χ1v) is 3.90. The van der Waals surface area contributed by atoms with Crippen LogP contribution in [0.1, 0.15) is 24.6 Å². The van der Waals surface area contributed by atoms with E-state index in [9.17, 15) is 9.59 Å². The van der Waals surface area contributed by atoms with Crippen LogP contribution < -0.4 is 11.1 Å². The summed E-state index contributed by atoms with van der Waals surface area (Å²) >= 11 is 0. The first kappa shape index (κ1) is 7.19. The second-order valence-corrected chi connectivity index (χ2v) is 2.50. The predicted molar refractivity (Wildman–Crippen MR) is 50.0 cm³/mol. The van der Waals surface area contributed by atoms with Crippen LogP contribution in [-0.2, 0) is 9.59 Å². The number of carboxylic acids is 2. The maximum Gasteiger partial charge on any atom is 0.320 e. The van der Waals surface area contributed by atoms with Gasteiger partial charge in [-0.1, -0.05) is 6.37 Å². The van der Waals surface area contributed by atoms with Crippen LogP contribution in [0.15, 0.2) is 0 Å². The maximum atomic E-state index is 10.5. The Kier molecular flexibility index (Phi) is 3.74. The Labute approximate surface area is 87.7 Å². The average molecular weight is 208 g/mol. The van der Waals surface area contributed by atoms with Gasteiger partial charge in [0.05, 0.1) is 6.54 Å². The fourth-order valence-corrected chi connectivity index (χ4v) is 0.564. The minimum absolute atomic E-state index is 0.513. The third-order valence-corrected chi connectivity index (χ3v) is 1.25. The Balaban J connectivity index is 4.54. The van der Waals surface area contributed by atoms with Crippen LogP contribution in [-0.4, -0.2) is 41.3 Å². The van der Waals surface area contributed by atoms with E-state index >= 15 is 0 Å². The molecule has 0 aromatic heterocycles. The topological polar surface area (TPSA) is 113 Å². The molecular weight excluding hydrogens is 188 g/mol. The van der Waals surface area contributed by atoms with E-state index in [2.05, 4.69) is 5.32 Å². The van der Waals surface area contributed by atoms with E-state index < -0.39 is 50.2 Å². The number of carboxylic acid groups (broad SMARTS) is 2. The van der Waals surface area contributed by atoms with Crippen LogP contribution in [0.4, 0.5) is 0 Å². The Morgan fingerprint density at radius 2 is 2.07 bits per heavy atom. The van der Waals surface area contributed by atoms with Crippen molar-refractivity contribution in [3.05, 3.63) is 0 Å². The number of aliphatic carboxylic acids is 2. The third kappa shape index (κ3) is 7.51. The molecule has 0 bridgehead atoms. The fraction of sp³-hybridized carbons (Fsp3) is 0.750. The SMILES string of the molecule is [2H]C([2H])(CNCC(=O)O)C([2H])([2H])C[C@H](N)C(=O)O. The molecule has 5 N–H and O–H groups in total. The number of carbonyl (C=O) groups is 2. The molecule has 6 nitrogen and oxygen atoms in total. The van der Waals surface area contributed by atoms with Crippen molar-refractivity contribution in [2.45, 2.75) is 25.2 Å². The van der Waals surface area contributed by atoms with Crippen molar-refractivity contribution in [2.75, 3.05) is 13.1 Å². The summed E-state index contributed by atoms with van der Waals surface area (Å²) in [5.74, 6) is -2.62. The fourth-order valence-electron chi connectivity index (χ4n) is 0.564. The summed E-state index contributed by atoms with van der Waals surface area (Å²) in [6.07, 6.45) is -5.63. The van der Waals surface area contributed by atoms with Crippen molar-refractivity contribution in [1.82, 2.24) is 5.32 Å². The lowest BCUT2D eigenvalue weighted by atomic mass is 10.1. The summed E-state index contributed by atoms with van der Waals surface area (Å²) < 4.78 is 30.0. The molecule has 0 aliphatic rings. The first-order chi connectivity index (χ1) is 7.99. The van der Waals surface area contributed by atoms with E-state index in [1.807, 2.05) is 0 Å². The Hall–Kier alpha value is -1.14. The summed E-state index contributed by atoms with van der Waals surface area (Å²) in [6.45, 7) is -1.07. The van der Waals surface area contributed by atoms with Crippen LogP contribution in [0.5, 0.6) is 0 Å². The number of rotatable bonds is 8. The van der Waals surface area contributed by atoms with Gasteiger partial charge < -0.3 is 21.3 Å². The molecule has 0 rings (SSSR count). The van der Waals surface area contributed by atoms with Gasteiger partial charge in [-0.05, 0) is 19.3 Å². The predicted octanol–water partition coefficient (Wildman–Crippen LogP) is -0.757. The second kappa shape index (κ2) is 7.28. The van der Waals surface area contributed by atoms with Crippen LogP contribution in [0, 0.1) is 0 Å². The molecule has 1 atom stereocenters. The van der Waals surface area contributed by atoms with Gasteiger partial charge in [-0.15, -0.1) is 0 Å². The van der Waals surface area contributed by atoms with Crippen LogP contribution >= 0.6 is 0 Å². The van der Waals surface area contributed by atoms with E-state index in [1.165, 1.54) is 0 Å². The van der Waals surface area contributed by atoms with E-state index in [1.54, 1.807) is 0 Å². The first-order valence-electron chi connectivity index (χ1n) is 5.90.